The second kappa shape index (κ2) is 4.94. The van der Waals surface area contributed by atoms with Crippen LogP contribution in [0.25, 0.3) is 0 Å². The summed E-state index contributed by atoms with van der Waals surface area (Å²) in [6.07, 6.45) is 2.15. The van der Waals surface area contributed by atoms with Crippen molar-refractivity contribution in [1.29, 1.82) is 0 Å². The molecule has 1 aromatic heterocycles. The first-order valence-corrected chi connectivity index (χ1v) is 6.81. The molecule has 2 atom stereocenters. The molecule has 0 aromatic carbocycles. The van der Waals surface area contributed by atoms with Gasteiger partial charge in [-0.1, -0.05) is 0 Å². The summed E-state index contributed by atoms with van der Waals surface area (Å²) in [7, 11) is 0. The van der Waals surface area contributed by atoms with Crippen LogP contribution in [-0.2, 0) is 4.74 Å². The van der Waals surface area contributed by atoms with Crippen LogP contribution in [0, 0.1) is 0 Å². The lowest BCUT2D eigenvalue weighted by Crippen LogP contribution is -2.50. The summed E-state index contributed by atoms with van der Waals surface area (Å²) in [5.41, 5.74) is 5.89. The molecule has 3 rings (SSSR count). The van der Waals surface area contributed by atoms with E-state index >= 15 is 0 Å². The Morgan fingerprint density at radius 3 is 2.95 bits per heavy atom. The van der Waals surface area contributed by atoms with E-state index in [1.165, 1.54) is 0 Å². The van der Waals surface area contributed by atoms with Gasteiger partial charge in [-0.05, 0) is 19.8 Å². The van der Waals surface area contributed by atoms with Crippen molar-refractivity contribution >= 4 is 11.6 Å². The largest absolute Gasteiger partial charge is 0.394 e. The fourth-order valence-corrected chi connectivity index (χ4v) is 2.39. The summed E-state index contributed by atoms with van der Waals surface area (Å²) in [6.45, 7) is 3.34. The van der Waals surface area contributed by atoms with Crippen molar-refractivity contribution in [1.82, 2.24) is 9.97 Å². The van der Waals surface area contributed by atoms with E-state index in [4.69, 9.17) is 10.5 Å². The van der Waals surface area contributed by atoms with Crippen LogP contribution in [-0.4, -0.2) is 47.0 Å². The summed E-state index contributed by atoms with van der Waals surface area (Å²) in [6, 6.07) is 2.03. The summed E-state index contributed by atoms with van der Waals surface area (Å²) in [4.78, 5) is 11.1. The lowest BCUT2D eigenvalue weighted by Gasteiger charge is -2.38. The Bertz CT molecular complexity index is 464. The van der Waals surface area contributed by atoms with Gasteiger partial charge in [0.05, 0.1) is 25.4 Å². The number of anilines is 2. The van der Waals surface area contributed by atoms with Crippen molar-refractivity contribution in [2.24, 2.45) is 0 Å². The van der Waals surface area contributed by atoms with Crippen molar-refractivity contribution in [2.45, 2.75) is 37.8 Å². The molecule has 2 aliphatic rings. The van der Waals surface area contributed by atoms with E-state index in [2.05, 4.69) is 21.8 Å². The molecule has 6 heteroatoms. The number of nitrogens with two attached hydrogens (primary N) is 1. The van der Waals surface area contributed by atoms with Crippen LogP contribution in [0.15, 0.2) is 6.07 Å². The number of nitrogen functional groups attached to an aromatic ring is 1. The van der Waals surface area contributed by atoms with Crippen molar-refractivity contribution in [3.05, 3.63) is 11.9 Å². The third-order valence-electron chi connectivity index (χ3n) is 3.70. The number of hydrogen-bond donors (Lipinski definition) is 2. The van der Waals surface area contributed by atoms with Crippen molar-refractivity contribution in [3.63, 3.8) is 0 Å². The predicted octanol–water partition coefficient (Wildman–Crippen LogP) is 0.522. The van der Waals surface area contributed by atoms with Crippen LogP contribution in [0.3, 0.4) is 0 Å². The zero-order valence-corrected chi connectivity index (χ0v) is 11.1. The molecular weight excluding hydrogens is 244 g/mol. The number of rotatable bonds is 3. The van der Waals surface area contributed by atoms with Gasteiger partial charge in [-0.15, -0.1) is 0 Å². The van der Waals surface area contributed by atoms with Gasteiger partial charge in [0.2, 0.25) is 0 Å². The topological polar surface area (TPSA) is 84.5 Å². The monoisotopic (exact) mass is 264 g/mol. The maximum atomic E-state index is 9.24. The average molecular weight is 264 g/mol. The molecule has 2 unspecified atom stereocenters. The molecule has 6 nitrogen and oxygen atoms in total. The number of aliphatic hydroxyl groups excluding tert-OH is 1. The van der Waals surface area contributed by atoms with Crippen molar-refractivity contribution < 1.29 is 9.84 Å². The maximum absolute atomic E-state index is 9.24. The zero-order chi connectivity index (χ0) is 13.4. The Balaban J connectivity index is 1.86. The smallest absolute Gasteiger partial charge is 0.136 e. The molecular formula is C13H20N4O2. The highest BCUT2D eigenvalue weighted by Gasteiger charge is 2.30. The first-order chi connectivity index (χ1) is 9.17. The molecule has 0 bridgehead atoms. The van der Waals surface area contributed by atoms with E-state index in [0.29, 0.717) is 24.9 Å². The van der Waals surface area contributed by atoms with Crippen LogP contribution < -0.4 is 10.6 Å². The number of nitrogens with zero attached hydrogens (tertiary/aromatic N) is 3. The van der Waals surface area contributed by atoms with Gasteiger partial charge < -0.3 is 20.5 Å². The highest BCUT2D eigenvalue weighted by molar-refractivity contribution is 5.48. The van der Waals surface area contributed by atoms with Crippen LogP contribution in [0.2, 0.25) is 0 Å². The Labute approximate surface area is 112 Å². The molecule has 1 aliphatic heterocycles. The Morgan fingerprint density at radius 2 is 2.26 bits per heavy atom. The average Bonchev–Trinajstić information content (AvgIpc) is 3.23. The molecule has 0 radical (unpaired) electrons. The molecule has 104 valence electrons. The van der Waals surface area contributed by atoms with Gasteiger partial charge in [0.1, 0.15) is 17.5 Å². The van der Waals surface area contributed by atoms with E-state index in [-0.39, 0.29) is 18.8 Å². The van der Waals surface area contributed by atoms with Gasteiger partial charge in [-0.25, -0.2) is 9.97 Å². The van der Waals surface area contributed by atoms with Gasteiger partial charge in [0.25, 0.3) is 0 Å². The molecule has 2 heterocycles. The quantitative estimate of drug-likeness (QED) is 0.828. The van der Waals surface area contributed by atoms with Crippen molar-refractivity contribution in [2.75, 3.05) is 30.4 Å². The minimum Gasteiger partial charge on any atom is -0.394 e. The molecule has 2 fully saturated rings. The zero-order valence-electron chi connectivity index (χ0n) is 11.1. The molecule has 0 spiro atoms. The second-order valence-electron chi connectivity index (χ2n) is 5.42. The molecule has 1 saturated heterocycles. The fraction of sp³-hybridized carbons (Fsp3) is 0.692. The second-order valence-corrected chi connectivity index (χ2v) is 5.42. The normalized spacial score (nSPS) is 27.6. The lowest BCUT2D eigenvalue weighted by atomic mass is 10.2. The van der Waals surface area contributed by atoms with E-state index in [0.717, 1.165) is 24.5 Å². The number of aromatic nitrogens is 2. The predicted molar refractivity (Wildman–Crippen MR) is 72.1 cm³/mol. The highest BCUT2D eigenvalue weighted by Crippen LogP contribution is 2.39. The molecule has 0 amide bonds. The van der Waals surface area contributed by atoms with E-state index in [9.17, 15) is 5.11 Å². The molecule has 1 saturated carbocycles. The van der Waals surface area contributed by atoms with Gasteiger partial charge in [-0.2, -0.15) is 0 Å². The lowest BCUT2D eigenvalue weighted by molar-refractivity contribution is -0.0105. The maximum Gasteiger partial charge on any atom is 0.136 e. The molecule has 1 aliphatic carbocycles. The minimum atomic E-state index is -0.156. The Kier molecular flexibility index (Phi) is 3.28. The Morgan fingerprint density at radius 1 is 1.47 bits per heavy atom. The first-order valence-electron chi connectivity index (χ1n) is 6.81. The van der Waals surface area contributed by atoms with E-state index < -0.39 is 0 Å². The van der Waals surface area contributed by atoms with E-state index in [1.807, 2.05) is 6.07 Å². The van der Waals surface area contributed by atoms with E-state index in [1.54, 1.807) is 0 Å². The van der Waals surface area contributed by atoms with Gasteiger partial charge in [0.15, 0.2) is 0 Å². The summed E-state index contributed by atoms with van der Waals surface area (Å²) < 4.78 is 5.55. The summed E-state index contributed by atoms with van der Waals surface area (Å²) in [5, 5.41) is 9.24. The number of morpholine rings is 1. The van der Waals surface area contributed by atoms with Crippen LogP contribution in [0.1, 0.15) is 31.5 Å². The third-order valence-corrected chi connectivity index (χ3v) is 3.70. The first kappa shape index (κ1) is 12.6. The standard InChI is InChI=1S/C13H20N4O2/c1-8-7-19-10(6-18)5-17(8)12-4-11(14)15-13(16-12)9-2-3-9/h4,8-10,18H,2-3,5-7H2,1H3,(H2,14,15,16). The van der Waals surface area contributed by atoms with Gasteiger partial charge in [-0.3, -0.25) is 0 Å². The minimum absolute atomic E-state index is 0.0271. The molecule has 1 aromatic rings. The van der Waals surface area contributed by atoms with Crippen molar-refractivity contribution in [3.8, 4) is 0 Å². The number of ether oxygens (including phenoxy) is 1. The molecule has 3 N–H and O–H groups in total. The van der Waals surface area contributed by atoms with Gasteiger partial charge >= 0.3 is 0 Å². The molecule has 19 heavy (non-hydrogen) atoms. The van der Waals surface area contributed by atoms with Crippen LogP contribution >= 0.6 is 0 Å². The Hall–Kier alpha value is -1.40. The summed E-state index contributed by atoms with van der Waals surface area (Å²) in [5.74, 6) is 2.70. The highest BCUT2D eigenvalue weighted by atomic mass is 16.5. The number of hydrogen-bond acceptors (Lipinski definition) is 6. The SMILES string of the molecule is CC1COC(CO)CN1c1cc(N)nc(C2CC2)n1. The third kappa shape index (κ3) is 2.64. The van der Waals surface area contributed by atoms with Crippen LogP contribution in [0.4, 0.5) is 11.6 Å². The fourth-order valence-electron chi connectivity index (χ4n) is 2.39. The van der Waals surface area contributed by atoms with Gasteiger partial charge in [0, 0.05) is 18.5 Å². The summed E-state index contributed by atoms with van der Waals surface area (Å²) >= 11 is 0. The van der Waals surface area contributed by atoms with Crippen LogP contribution in [0.5, 0.6) is 0 Å². The number of aliphatic hydroxyl groups is 1.